The molecule has 0 aromatic heterocycles. The first-order valence-corrected chi connectivity index (χ1v) is 11.9. The summed E-state index contributed by atoms with van der Waals surface area (Å²) in [4.78, 5) is 40.1. The molecule has 3 amide bonds. The van der Waals surface area contributed by atoms with Crippen LogP contribution in [0.1, 0.15) is 72.1 Å². The first kappa shape index (κ1) is 22.3. The van der Waals surface area contributed by atoms with E-state index in [1.807, 2.05) is 13.2 Å². The Labute approximate surface area is 168 Å². The lowest BCUT2D eigenvalue weighted by atomic mass is 9.81. The lowest BCUT2D eigenvalue weighted by Crippen LogP contribution is -2.52. The number of nitrogens with one attached hydrogen (secondary N) is 1. The maximum Gasteiger partial charge on any atom is 0.243 e. The van der Waals surface area contributed by atoms with Crippen LogP contribution in [0.5, 0.6) is 0 Å². The van der Waals surface area contributed by atoms with Crippen LogP contribution in [0.25, 0.3) is 0 Å². The van der Waals surface area contributed by atoms with Crippen molar-refractivity contribution in [1.82, 2.24) is 10.2 Å². The van der Waals surface area contributed by atoms with E-state index in [2.05, 4.69) is 19.2 Å². The number of hydrogen-bond acceptors (Lipinski definition) is 4. The van der Waals surface area contributed by atoms with Crippen molar-refractivity contribution in [2.24, 2.45) is 17.8 Å². The first-order chi connectivity index (χ1) is 12.9. The van der Waals surface area contributed by atoms with Gasteiger partial charge in [-0.2, -0.15) is 11.8 Å². The Morgan fingerprint density at radius 1 is 1.07 bits per heavy atom. The van der Waals surface area contributed by atoms with Gasteiger partial charge < -0.3 is 5.32 Å². The number of likely N-dealkylation sites (tertiary alicyclic amines) is 1. The summed E-state index contributed by atoms with van der Waals surface area (Å²) in [6, 6.07) is -0.598. The van der Waals surface area contributed by atoms with Crippen molar-refractivity contribution in [3.63, 3.8) is 0 Å². The molecule has 1 saturated carbocycles. The van der Waals surface area contributed by atoms with E-state index in [9.17, 15) is 14.4 Å². The summed E-state index contributed by atoms with van der Waals surface area (Å²) in [5.74, 6) is 0.633. The third-order valence-corrected chi connectivity index (χ3v) is 6.54. The Balaban J connectivity index is 2.04. The second kappa shape index (κ2) is 10.5. The number of hydrogen-bond donors (Lipinski definition) is 1. The zero-order valence-electron chi connectivity index (χ0n) is 17.3. The van der Waals surface area contributed by atoms with Crippen LogP contribution < -0.4 is 5.32 Å². The van der Waals surface area contributed by atoms with E-state index >= 15 is 0 Å². The third kappa shape index (κ3) is 5.72. The van der Waals surface area contributed by atoms with Gasteiger partial charge in [0.25, 0.3) is 0 Å². The zero-order valence-corrected chi connectivity index (χ0v) is 18.1. The number of imide groups is 1. The van der Waals surface area contributed by atoms with Crippen molar-refractivity contribution in [3.05, 3.63) is 0 Å². The molecule has 2 fully saturated rings. The van der Waals surface area contributed by atoms with E-state index in [0.717, 1.165) is 50.7 Å². The highest BCUT2D eigenvalue weighted by Gasteiger charge is 2.51. The van der Waals surface area contributed by atoms with E-state index in [-0.39, 0.29) is 35.6 Å². The smallest absolute Gasteiger partial charge is 0.243 e. The van der Waals surface area contributed by atoms with Gasteiger partial charge in [0, 0.05) is 6.04 Å². The van der Waals surface area contributed by atoms with E-state index in [1.165, 1.54) is 4.90 Å². The molecular weight excluding hydrogens is 360 g/mol. The summed E-state index contributed by atoms with van der Waals surface area (Å²) in [5, 5.41) is 3.07. The molecule has 0 bridgehead atoms. The minimum Gasteiger partial charge on any atom is -0.352 e. The molecule has 4 unspecified atom stereocenters. The molecule has 0 aromatic carbocycles. The predicted molar refractivity (Wildman–Crippen MR) is 110 cm³/mol. The SMILES string of the molecule is CSCCC(C(=O)NC(C)CCCC(C)C)N1C(=O)C2CCCCC2C1=O. The number of fused-ring (bicyclic) bond motifs is 1. The van der Waals surface area contributed by atoms with Crippen LogP contribution in [0.4, 0.5) is 0 Å². The second-order valence-corrected chi connectivity index (χ2v) is 9.56. The molecule has 0 radical (unpaired) electrons. The minimum absolute atomic E-state index is 0.0584. The molecule has 2 aliphatic rings. The number of amides is 3. The summed E-state index contributed by atoms with van der Waals surface area (Å²) >= 11 is 1.64. The maximum atomic E-state index is 13.0. The number of nitrogens with zero attached hydrogens (tertiary/aromatic N) is 1. The molecule has 1 aliphatic heterocycles. The molecule has 1 heterocycles. The molecule has 6 heteroatoms. The van der Waals surface area contributed by atoms with Gasteiger partial charge in [-0.1, -0.05) is 39.5 Å². The lowest BCUT2D eigenvalue weighted by molar-refractivity contribution is -0.148. The number of carbonyl (C=O) groups is 3. The van der Waals surface area contributed by atoms with E-state index < -0.39 is 6.04 Å². The molecule has 2 rings (SSSR count). The molecular formula is C21H36N2O3S. The normalized spacial score (nSPS) is 24.9. The maximum absolute atomic E-state index is 13.0. The molecule has 5 nitrogen and oxygen atoms in total. The van der Waals surface area contributed by atoms with Crippen molar-refractivity contribution in [2.75, 3.05) is 12.0 Å². The van der Waals surface area contributed by atoms with Crippen LogP contribution in [-0.4, -0.2) is 46.7 Å². The summed E-state index contributed by atoms with van der Waals surface area (Å²) in [6.45, 7) is 6.41. The van der Waals surface area contributed by atoms with Gasteiger partial charge >= 0.3 is 0 Å². The molecule has 0 spiro atoms. The highest BCUT2D eigenvalue weighted by Crippen LogP contribution is 2.39. The van der Waals surface area contributed by atoms with Crippen LogP contribution in [0.15, 0.2) is 0 Å². The van der Waals surface area contributed by atoms with Gasteiger partial charge in [0.15, 0.2) is 0 Å². The summed E-state index contributed by atoms with van der Waals surface area (Å²) < 4.78 is 0. The molecule has 1 aliphatic carbocycles. The van der Waals surface area contributed by atoms with E-state index in [0.29, 0.717) is 12.3 Å². The van der Waals surface area contributed by atoms with Crippen molar-refractivity contribution in [1.29, 1.82) is 0 Å². The van der Waals surface area contributed by atoms with Gasteiger partial charge in [-0.25, -0.2) is 0 Å². The van der Waals surface area contributed by atoms with Gasteiger partial charge in [-0.05, 0) is 50.5 Å². The molecule has 1 saturated heterocycles. The zero-order chi connectivity index (χ0) is 20.0. The summed E-state index contributed by atoms with van der Waals surface area (Å²) in [5.41, 5.74) is 0. The van der Waals surface area contributed by atoms with Crippen LogP contribution >= 0.6 is 11.8 Å². The Morgan fingerprint density at radius 2 is 1.67 bits per heavy atom. The Hall–Kier alpha value is -1.04. The molecule has 0 aromatic rings. The van der Waals surface area contributed by atoms with Gasteiger partial charge in [0.1, 0.15) is 6.04 Å². The van der Waals surface area contributed by atoms with E-state index in [1.54, 1.807) is 11.8 Å². The first-order valence-electron chi connectivity index (χ1n) is 10.5. The second-order valence-electron chi connectivity index (χ2n) is 8.58. The van der Waals surface area contributed by atoms with Crippen molar-refractivity contribution >= 4 is 29.5 Å². The monoisotopic (exact) mass is 396 g/mol. The molecule has 4 atom stereocenters. The quantitative estimate of drug-likeness (QED) is 0.573. The lowest BCUT2D eigenvalue weighted by Gasteiger charge is -2.27. The minimum atomic E-state index is -0.657. The molecule has 1 N–H and O–H groups in total. The fourth-order valence-corrected chi connectivity index (χ4v) is 4.80. The van der Waals surface area contributed by atoms with Crippen molar-refractivity contribution in [3.8, 4) is 0 Å². The average molecular weight is 397 g/mol. The third-order valence-electron chi connectivity index (χ3n) is 5.89. The van der Waals surface area contributed by atoms with Crippen LogP contribution in [0.3, 0.4) is 0 Å². The van der Waals surface area contributed by atoms with Crippen LogP contribution in [0.2, 0.25) is 0 Å². The Kier molecular flexibility index (Phi) is 8.64. The van der Waals surface area contributed by atoms with Gasteiger partial charge in [0.2, 0.25) is 17.7 Å². The van der Waals surface area contributed by atoms with Gasteiger partial charge in [-0.15, -0.1) is 0 Å². The standard InChI is InChI=1S/C21H36N2O3S/c1-14(2)8-7-9-15(3)22-19(24)18(12-13-27-4)23-20(25)16-10-5-6-11-17(16)21(23)26/h14-18H,5-13H2,1-4H3,(H,22,24). The van der Waals surface area contributed by atoms with Crippen molar-refractivity contribution < 1.29 is 14.4 Å². The highest BCUT2D eigenvalue weighted by molar-refractivity contribution is 7.98. The van der Waals surface area contributed by atoms with E-state index in [4.69, 9.17) is 0 Å². The van der Waals surface area contributed by atoms with Gasteiger partial charge in [0.05, 0.1) is 11.8 Å². The number of thioether (sulfide) groups is 1. The average Bonchev–Trinajstić information content (AvgIpc) is 2.87. The molecule has 27 heavy (non-hydrogen) atoms. The summed E-state index contributed by atoms with van der Waals surface area (Å²) in [6.07, 6.45) is 9.22. The molecule has 154 valence electrons. The van der Waals surface area contributed by atoms with Gasteiger partial charge in [-0.3, -0.25) is 19.3 Å². The summed E-state index contributed by atoms with van der Waals surface area (Å²) in [7, 11) is 0. The van der Waals surface area contributed by atoms with Crippen LogP contribution in [0, 0.1) is 17.8 Å². The largest absolute Gasteiger partial charge is 0.352 e. The highest BCUT2D eigenvalue weighted by atomic mass is 32.2. The number of carbonyl (C=O) groups excluding carboxylic acids is 3. The Morgan fingerprint density at radius 3 is 2.19 bits per heavy atom. The van der Waals surface area contributed by atoms with Crippen molar-refractivity contribution in [2.45, 2.75) is 84.2 Å². The Bertz CT molecular complexity index is 514. The number of rotatable bonds is 10. The topological polar surface area (TPSA) is 66.5 Å². The fraction of sp³-hybridized carbons (Fsp3) is 0.857. The van der Waals surface area contributed by atoms with Crippen LogP contribution in [-0.2, 0) is 14.4 Å². The fourth-order valence-electron chi connectivity index (χ4n) is 4.35. The predicted octanol–water partition coefficient (Wildman–Crippen LogP) is 3.61.